The summed E-state index contributed by atoms with van der Waals surface area (Å²) in [7, 11) is 1.46. The van der Waals surface area contributed by atoms with Gasteiger partial charge in [0, 0.05) is 32.4 Å². The smallest absolute Gasteiger partial charge is 0.329 e. The Balaban J connectivity index is 1.80. The quantitative estimate of drug-likeness (QED) is 0.0888. The average Bonchev–Trinajstić information content (AvgIpc) is 3.18. The molecule has 0 unspecified atom stereocenters. The molecule has 0 saturated heterocycles. The van der Waals surface area contributed by atoms with Crippen LogP contribution < -0.4 is 21.3 Å². The fraction of sp³-hybridized carbons (Fsp3) is 0.545. The van der Waals surface area contributed by atoms with E-state index < -0.39 is 72.3 Å². The lowest BCUT2D eigenvalue weighted by Gasteiger charge is -2.32. The van der Waals surface area contributed by atoms with Crippen LogP contribution in [0.1, 0.15) is 97.1 Å². The summed E-state index contributed by atoms with van der Waals surface area (Å²) in [6.45, 7) is 8.78. The van der Waals surface area contributed by atoms with Crippen LogP contribution in [0.25, 0.3) is 0 Å². The zero-order chi connectivity index (χ0) is 42.8. The topological polar surface area (TPSA) is 203 Å². The summed E-state index contributed by atoms with van der Waals surface area (Å²) in [6, 6.07) is 7.28. The number of esters is 1. The predicted octanol–water partition coefficient (Wildman–Crippen LogP) is 4.21. The van der Waals surface area contributed by atoms with E-state index in [0.29, 0.717) is 17.5 Å². The lowest BCUT2D eigenvalue weighted by Crippen LogP contribution is -2.57. The highest BCUT2D eigenvalue weighted by Crippen LogP contribution is 2.18. The summed E-state index contributed by atoms with van der Waals surface area (Å²) in [4.78, 5) is 82.5. The lowest BCUT2D eigenvalue weighted by molar-refractivity contribution is -0.156. The van der Waals surface area contributed by atoms with Gasteiger partial charge in [0.15, 0.2) is 0 Å². The molecule has 0 spiro atoms. The van der Waals surface area contributed by atoms with E-state index in [-0.39, 0.29) is 42.6 Å². The number of benzene rings is 2. The number of cyclic esters (lactones) is 1. The number of unbranched alkanes of at least 4 members (excludes halogenated alkanes) is 6. The van der Waals surface area contributed by atoms with E-state index in [1.165, 1.54) is 55.1 Å². The molecule has 3 rings (SSSR count). The minimum atomic E-state index is -1.11. The number of amides is 5. The van der Waals surface area contributed by atoms with Crippen molar-refractivity contribution in [3.8, 4) is 11.5 Å². The molecule has 5 atom stereocenters. The predicted molar refractivity (Wildman–Crippen MR) is 220 cm³/mol. The van der Waals surface area contributed by atoms with E-state index in [4.69, 9.17) is 4.74 Å². The molecule has 6 N–H and O–H groups in total. The molecule has 2 aromatic rings. The zero-order valence-electron chi connectivity index (χ0n) is 34.8. The third-order valence-corrected chi connectivity index (χ3v) is 10.2. The number of rotatable bonds is 19. The van der Waals surface area contributed by atoms with Gasteiger partial charge in [0.25, 0.3) is 0 Å². The summed E-state index contributed by atoms with van der Waals surface area (Å²) >= 11 is 0. The second-order valence-corrected chi connectivity index (χ2v) is 15.8. The molecule has 5 amide bonds. The summed E-state index contributed by atoms with van der Waals surface area (Å²) in [5, 5.41) is 30.7. The number of hydrogen-bond acceptors (Lipinski definition) is 9. The van der Waals surface area contributed by atoms with Gasteiger partial charge in [-0.25, -0.2) is 4.79 Å². The minimum Gasteiger partial charge on any atom is -0.508 e. The van der Waals surface area contributed by atoms with Gasteiger partial charge in [-0.3, -0.25) is 24.0 Å². The molecule has 1 heterocycles. The van der Waals surface area contributed by atoms with Crippen LogP contribution in [-0.2, 0) is 46.3 Å². The molecule has 1 aliphatic heterocycles. The van der Waals surface area contributed by atoms with Crippen molar-refractivity contribution in [1.82, 2.24) is 26.2 Å². The first kappa shape index (κ1) is 47.0. The normalized spacial score (nSPS) is 19.3. The number of carbonyl (C=O) groups is 6. The first-order valence-corrected chi connectivity index (χ1v) is 20.5. The van der Waals surface area contributed by atoms with Gasteiger partial charge in [0.05, 0.1) is 6.04 Å². The van der Waals surface area contributed by atoms with Crippen LogP contribution >= 0.6 is 0 Å². The maximum atomic E-state index is 13.9. The van der Waals surface area contributed by atoms with E-state index in [1.54, 1.807) is 52.0 Å². The second kappa shape index (κ2) is 23.7. The van der Waals surface area contributed by atoms with Crippen LogP contribution in [0, 0.1) is 11.8 Å². The maximum Gasteiger partial charge on any atom is 0.329 e. The van der Waals surface area contributed by atoms with Crippen molar-refractivity contribution in [2.75, 3.05) is 13.7 Å². The second-order valence-electron chi connectivity index (χ2n) is 15.8. The van der Waals surface area contributed by atoms with Gasteiger partial charge < -0.3 is 41.1 Å². The third-order valence-electron chi connectivity index (χ3n) is 10.2. The highest BCUT2D eigenvalue weighted by atomic mass is 16.5. The number of phenolic OH excluding ortho intramolecular Hbond substituents is 2. The molecule has 0 saturated carbocycles. The summed E-state index contributed by atoms with van der Waals surface area (Å²) < 4.78 is 5.70. The molecule has 58 heavy (non-hydrogen) atoms. The molecule has 0 radical (unpaired) electrons. The van der Waals surface area contributed by atoms with Gasteiger partial charge in [-0.15, -0.1) is 0 Å². The number of carbonyl (C=O) groups excluding carboxylic acids is 6. The molecule has 1 aliphatic rings. The Morgan fingerprint density at radius 1 is 0.828 bits per heavy atom. The van der Waals surface area contributed by atoms with E-state index in [9.17, 15) is 39.0 Å². The summed E-state index contributed by atoms with van der Waals surface area (Å²) in [5.41, 5.74) is 1.34. The van der Waals surface area contributed by atoms with Crippen LogP contribution in [0.4, 0.5) is 0 Å². The highest BCUT2D eigenvalue weighted by Gasteiger charge is 2.36. The molecule has 0 aromatic heterocycles. The molecule has 0 fully saturated rings. The fourth-order valence-corrected chi connectivity index (χ4v) is 6.59. The molecule has 2 aromatic carbocycles. The van der Waals surface area contributed by atoms with E-state index in [1.807, 2.05) is 0 Å². The van der Waals surface area contributed by atoms with Crippen LogP contribution in [-0.4, -0.2) is 94.5 Å². The number of ether oxygens (including phenoxy) is 1. The standard InChI is InChI=1S/C44H63N5O9/c1-7-8-9-10-11-12-13-14-37(52)46-35(25-30-15-20-33(50)21-16-30)41(54)48-39(28(2)3)42(55)45-32-19-24-38(53)47-40(29(4)5)43(56)49(6)36(44(57)58-27-32)26-31-17-22-34(51)23-18-31/h15-24,28-29,32,35-36,39-40,50-51H,7-14,25-27H2,1-6H3,(H,45,55)(H,46,52)(H,47,53)(H,48,54)/b24-19+/t32-,35+,36+,39+,40+/m1/s1. The van der Waals surface area contributed by atoms with Crippen LogP contribution in [0.5, 0.6) is 11.5 Å². The number of nitrogens with one attached hydrogen (secondary N) is 4. The highest BCUT2D eigenvalue weighted by molar-refractivity contribution is 5.95. The van der Waals surface area contributed by atoms with Crippen molar-refractivity contribution in [3.63, 3.8) is 0 Å². The Morgan fingerprint density at radius 2 is 1.41 bits per heavy atom. The zero-order valence-corrected chi connectivity index (χ0v) is 34.8. The van der Waals surface area contributed by atoms with Crippen molar-refractivity contribution in [2.24, 2.45) is 11.8 Å². The molecule has 0 aliphatic carbocycles. The van der Waals surface area contributed by atoms with Gasteiger partial charge in [-0.2, -0.15) is 0 Å². The van der Waals surface area contributed by atoms with Crippen molar-refractivity contribution < 1.29 is 43.7 Å². The fourth-order valence-electron chi connectivity index (χ4n) is 6.59. The average molecular weight is 806 g/mol. The first-order valence-electron chi connectivity index (χ1n) is 20.5. The van der Waals surface area contributed by atoms with E-state index >= 15 is 0 Å². The number of likely N-dealkylation sites (N-methyl/N-ethyl adjacent to an activating group) is 1. The molecule has 14 heteroatoms. The van der Waals surface area contributed by atoms with Crippen molar-refractivity contribution in [1.29, 1.82) is 0 Å². The van der Waals surface area contributed by atoms with Gasteiger partial charge in [-0.1, -0.05) is 103 Å². The SMILES string of the molecule is CCCCCCCCCC(=O)N[C@@H](Cc1ccc(O)cc1)C(=O)N[C@H](C(=O)N[C@@H]1/C=C/C(=O)N[C@@H](C(C)C)C(=O)N(C)[C@@H](Cc2ccc(O)cc2)C(=O)OC1)C(C)C. The summed E-state index contributed by atoms with van der Waals surface area (Å²) in [6.07, 6.45) is 10.2. The number of phenols is 2. The van der Waals surface area contributed by atoms with Gasteiger partial charge >= 0.3 is 5.97 Å². The largest absolute Gasteiger partial charge is 0.508 e. The van der Waals surface area contributed by atoms with Crippen LogP contribution in [0.2, 0.25) is 0 Å². The molecule has 318 valence electrons. The third kappa shape index (κ3) is 15.5. The molecule has 14 nitrogen and oxygen atoms in total. The van der Waals surface area contributed by atoms with Gasteiger partial charge in [-0.05, 0) is 53.6 Å². The lowest BCUT2D eigenvalue weighted by atomic mass is 9.99. The van der Waals surface area contributed by atoms with Gasteiger partial charge in [0.1, 0.15) is 42.3 Å². The number of aromatic hydroxyl groups is 2. The Hall–Kier alpha value is -5.40. The van der Waals surface area contributed by atoms with E-state index in [2.05, 4.69) is 28.2 Å². The number of hydrogen-bond donors (Lipinski definition) is 6. The van der Waals surface area contributed by atoms with Crippen LogP contribution in [0.3, 0.4) is 0 Å². The molecular formula is C44H63N5O9. The number of nitrogens with zero attached hydrogens (tertiary/aromatic N) is 1. The van der Waals surface area contributed by atoms with Crippen molar-refractivity contribution >= 4 is 35.5 Å². The first-order chi connectivity index (χ1) is 27.6. The summed E-state index contributed by atoms with van der Waals surface area (Å²) in [5.74, 6) is -3.99. The van der Waals surface area contributed by atoms with E-state index in [0.717, 1.165) is 31.8 Å². The molecule has 0 bridgehead atoms. The molecular weight excluding hydrogens is 743 g/mol. The minimum absolute atomic E-state index is 0.0368. The van der Waals surface area contributed by atoms with Crippen molar-refractivity contribution in [2.45, 2.75) is 129 Å². The Kier molecular flexibility index (Phi) is 19.2. The Morgan fingerprint density at radius 3 is 2.00 bits per heavy atom. The Labute approximate surface area is 342 Å². The van der Waals surface area contributed by atoms with Crippen molar-refractivity contribution in [3.05, 3.63) is 71.8 Å². The van der Waals surface area contributed by atoms with Crippen LogP contribution in [0.15, 0.2) is 60.7 Å². The van der Waals surface area contributed by atoms with Gasteiger partial charge in [0.2, 0.25) is 29.5 Å². The maximum absolute atomic E-state index is 13.9. The monoisotopic (exact) mass is 805 g/mol. The Bertz CT molecular complexity index is 1690.